The molecule has 0 bridgehead atoms. The first-order chi connectivity index (χ1) is 7.61. The Labute approximate surface area is 107 Å². The first-order valence-corrected chi connectivity index (χ1v) is 6.37. The van der Waals surface area contributed by atoms with E-state index in [0.717, 1.165) is 23.1 Å². The summed E-state index contributed by atoms with van der Waals surface area (Å²) in [4.78, 5) is 0. The first kappa shape index (κ1) is 13.3. The van der Waals surface area contributed by atoms with Crippen LogP contribution in [0.5, 0.6) is 5.75 Å². The molecule has 0 aliphatic carbocycles. The molecule has 0 radical (unpaired) electrons. The van der Waals surface area contributed by atoms with E-state index in [1.165, 1.54) is 12.0 Å². The lowest BCUT2D eigenvalue weighted by Crippen LogP contribution is -1.97. The normalized spacial score (nSPS) is 12.2. The topological polar surface area (TPSA) is 9.23 Å². The van der Waals surface area contributed by atoms with Gasteiger partial charge in [-0.3, -0.25) is 0 Å². The zero-order valence-electron chi connectivity index (χ0n) is 10.0. The highest BCUT2D eigenvalue weighted by Gasteiger charge is 2.03. The quantitative estimate of drug-likeness (QED) is 0.743. The van der Waals surface area contributed by atoms with Crippen molar-refractivity contribution in [2.24, 2.45) is 5.92 Å². The van der Waals surface area contributed by atoms with Gasteiger partial charge in [-0.2, -0.15) is 0 Å². The summed E-state index contributed by atoms with van der Waals surface area (Å²) in [6.07, 6.45) is 3.36. The van der Waals surface area contributed by atoms with E-state index in [1.54, 1.807) is 7.11 Å². The maximum Gasteiger partial charge on any atom is 0.118 e. The van der Waals surface area contributed by atoms with Crippen LogP contribution in [-0.4, -0.2) is 7.11 Å². The van der Waals surface area contributed by atoms with Crippen LogP contribution in [0.3, 0.4) is 0 Å². The summed E-state index contributed by atoms with van der Waals surface area (Å²) in [5.41, 5.74) is 1.37. The summed E-state index contributed by atoms with van der Waals surface area (Å²) < 4.78 is 6.22. The van der Waals surface area contributed by atoms with E-state index in [9.17, 15) is 0 Å². The van der Waals surface area contributed by atoms with Crippen molar-refractivity contribution < 1.29 is 4.74 Å². The molecule has 0 aliphatic heterocycles. The molecule has 16 heavy (non-hydrogen) atoms. The molecule has 0 fully saturated rings. The molecule has 0 saturated carbocycles. The molecule has 0 saturated heterocycles. The second-order valence-electron chi connectivity index (χ2n) is 4.21. The molecule has 2 heteroatoms. The number of halogens is 1. The highest BCUT2D eigenvalue weighted by molar-refractivity contribution is 9.11. The number of ether oxygens (including phenoxy) is 1. The molecule has 1 aromatic carbocycles. The highest BCUT2D eigenvalue weighted by atomic mass is 79.9. The van der Waals surface area contributed by atoms with Crippen LogP contribution in [0.2, 0.25) is 0 Å². The Balaban J connectivity index is 2.39. The molecule has 1 rings (SSSR count). The van der Waals surface area contributed by atoms with E-state index in [1.807, 2.05) is 12.1 Å². The van der Waals surface area contributed by atoms with Gasteiger partial charge in [0.05, 0.1) is 7.11 Å². The van der Waals surface area contributed by atoms with Gasteiger partial charge in [0.15, 0.2) is 0 Å². The predicted molar refractivity (Wildman–Crippen MR) is 73.2 cm³/mol. The van der Waals surface area contributed by atoms with Crippen LogP contribution in [-0.2, 0) is 6.42 Å². The van der Waals surface area contributed by atoms with Crippen molar-refractivity contribution in [2.45, 2.75) is 26.2 Å². The maximum absolute atomic E-state index is 5.13. The van der Waals surface area contributed by atoms with E-state index < -0.39 is 0 Å². The Morgan fingerprint density at radius 2 is 2.00 bits per heavy atom. The smallest absolute Gasteiger partial charge is 0.118 e. The minimum atomic E-state index is 0.675. The Kier molecular flexibility index (Phi) is 5.61. The highest BCUT2D eigenvalue weighted by Crippen LogP contribution is 2.20. The molecule has 1 atom stereocenters. The van der Waals surface area contributed by atoms with Crippen LogP contribution in [0.15, 0.2) is 35.3 Å². The van der Waals surface area contributed by atoms with Crippen molar-refractivity contribution in [1.29, 1.82) is 0 Å². The summed E-state index contributed by atoms with van der Waals surface area (Å²) in [6, 6.07) is 8.30. The summed E-state index contributed by atoms with van der Waals surface area (Å²) in [6.45, 7) is 6.13. The molecule has 0 N–H and O–H groups in total. The molecule has 0 amide bonds. The van der Waals surface area contributed by atoms with E-state index >= 15 is 0 Å². The van der Waals surface area contributed by atoms with Crippen molar-refractivity contribution in [3.63, 3.8) is 0 Å². The van der Waals surface area contributed by atoms with Crippen LogP contribution in [0, 0.1) is 5.92 Å². The summed E-state index contributed by atoms with van der Waals surface area (Å²) in [7, 11) is 1.69. The fourth-order valence-corrected chi connectivity index (χ4v) is 2.24. The van der Waals surface area contributed by atoms with Gasteiger partial charge in [-0.15, -0.1) is 0 Å². The van der Waals surface area contributed by atoms with E-state index in [4.69, 9.17) is 4.74 Å². The predicted octanol–water partition coefficient (Wildman–Crippen LogP) is 4.56. The SMILES string of the molecule is C=C(Br)C[C@@H](C)CCc1ccc(OC)cc1. The fraction of sp³-hybridized carbons (Fsp3) is 0.429. The number of allylic oxidation sites excluding steroid dienone is 1. The van der Waals surface area contributed by atoms with Crippen LogP contribution < -0.4 is 4.74 Å². The number of methoxy groups -OCH3 is 1. The van der Waals surface area contributed by atoms with E-state index in [0.29, 0.717) is 5.92 Å². The average molecular weight is 283 g/mol. The van der Waals surface area contributed by atoms with E-state index in [2.05, 4.69) is 41.6 Å². The van der Waals surface area contributed by atoms with Gasteiger partial charge in [0.1, 0.15) is 5.75 Å². The molecular formula is C14H19BrO. The number of hydrogen-bond donors (Lipinski definition) is 0. The summed E-state index contributed by atoms with van der Waals surface area (Å²) >= 11 is 3.41. The standard InChI is InChI=1S/C14H19BrO/c1-11(10-12(2)15)4-5-13-6-8-14(16-3)9-7-13/h6-9,11H,2,4-5,10H2,1,3H3/t11-/m0/s1. The lowest BCUT2D eigenvalue weighted by atomic mass is 9.98. The molecule has 0 aliphatic rings. The van der Waals surface area contributed by atoms with Crippen LogP contribution >= 0.6 is 15.9 Å². The third-order valence-electron chi connectivity index (χ3n) is 2.65. The maximum atomic E-state index is 5.13. The first-order valence-electron chi connectivity index (χ1n) is 5.58. The summed E-state index contributed by atoms with van der Waals surface area (Å²) in [5, 5.41) is 0. The van der Waals surface area contributed by atoms with Crippen molar-refractivity contribution in [2.75, 3.05) is 7.11 Å². The fourth-order valence-electron chi connectivity index (χ4n) is 1.69. The Hall–Kier alpha value is -0.760. The number of rotatable bonds is 6. The molecular weight excluding hydrogens is 264 g/mol. The van der Waals surface area contributed by atoms with Crippen molar-refractivity contribution in [1.82, 2.24) is 0 Å². The van der Waals surface area contributed by atoms with E-state index in [-0.39, 0.29) is 0 Å². The van der Waals surface area contributed by atoms with Gasteiger partial charge in [-0.05, 0) is 47.4 Å². The third-order valence-corrected chi connectivity index (χ3v) is 2.98. The van der Waals surface area contributed by atoms with Crippen molar-refractivity contribution in [3.8, 4) is 5.75 Å². The third kappa shape index (κ3) is 4.84. The molecule has 1 nitrogen and oxygen atoms in total. The van der Waals surface area contributed by atoms with Gasteiger partial charge < -0.3 is 4.74 Å². The van der Waals surface area contributed by atoms with Gasteiger partial charge in [0, 0.05) is 0 Å². The Morgan fingerprint density at radius 3 is 2.50 bits per heavy atom. The monoisotopic (exact) mass is 282 g/mol. The Bertz CT molecular complexity index is 329. The van der Waals surface area contributed by atoms with Gasteiger partial charge in [0.2, 0.25) is 0 Å². The van der Waals surface area contributed by atoms with Crippen LogP contribution in [0.1, 0.15) is 25.3 Å². The van der Waals surface area contributed by atoms with Crippen molar-refractivity contribution >= 4 is 15.9 Å². The zero-order chi connectivity index (χ0) is 12.0. The number of hydrogen-bond acceptors (Lipinski definition) is 1. The van der Waals surface area contributed by atoms with Crippen LogP contribution in [0.4, 0.5) is 0 Å². The van der Waals surface area contributed by atoms with Gasteiger partial charge in [-0.25, -0.2) is 0 Å². The minimum Gasteiger partial charge on any atom is -0.497 e. The second-order valence-corrected chi connectivity index (χ2v) is 5.33. The molecule has 0 heterocycles. The van der Waals surface area contributed by atoms with Gasteiger partial charge in [-0.1, -0.05) is 41.6 Å². The number of aryl methyl sites for hydroxylation is 1. The molecule has 0 spiro atoms. The molecule has 88 valence electrons. The second kappa shape index (κ2) is 6.74. The molecule has 1 aromatic rings. The lowest BCUT2D eigenvalue weighted by molar-refractivity contribution is 0.414. The minimum absolute atomic E-state index is 0.675. The molecule has 0 aromatic heterocycles. The van der Waals surface area contributed by atoms with Gasteiger partial charge >= 0.3 is 0 Å². The molecule has 0 unspecified atom stereocenters. The number of benzene rings is 1. The largest absolute Gasteiger partial charge is 0.497 e. The summed E-state index contributed by atoms with van der Waals surface area (Å²) in [5.74, 6) is 1.60. The zero-order valence-corrected chi connectivity index (χ0v) is 11.6. The average Bonchev–Trinajstić information content (AvgIpc) is 2.26. The Morgan fingerprint density at radius 1 is 1.38 bits per heavy atom. The van der Waals surface area contributed by atoms with Crippen LogP contribution in [0.25, 0.3) is 0 Å². The van der Waals surface area contributed by atoms with Crippen molar-refractivity contribution in [3.05, 3.63) is 40.9 Å². The lowest BCUT2D eigenvalue weighted by Gasteiger charge is -2.10. The van der Waals surface area contributed by atoms with Gasteiger partial charge in [0.25, 0.3) is 0 Å².